The van der Waals surface area contributed by atoms with Crippen LogP contribution in [0.4, 0.5) is 5.82 Å². The molecule has 0 aliphatic carbocycles. The van der Waals surface area contributed by atoms with E-state index in [1.165, 1.54) is 32.5 Å². The van der Waals surface area contributed by atoms with Crippen molar-refractivity contribution in [1.82, 2.24) is 9.88 Å². The molecular formula is C16H27N3O. The number of nitrogens with zero attached hydrogens (tertiary/aromatic N) is 2. The predicted octanol–water partition coefficient (Wildman–Crippen LogP) is 3.01. The number of rotatable bonds is 8. The molecule has 1 aromatic rings. The molecular weight excluding hydrogens is 250 g/mol. The molecule has 4 nitrogen and oxygen atoms in total. The summed E-state index contributed by atoms with van der Waals surface area (Å²) in [5, 5.41) is 3.43. The highest BCUT2D eigenvalue weighted by Gasteiger charge is 2.15. The Morgan fingerprint density at radius 2 is 2.20 bits per heavy atom. The monoisotopic (exact) mass is 277 g/mol. The highest BCUT2D eigenvalue weighted by molar-refractivity contribution is 5.49. The van der Waals surface area contributed by atoms with Crippen LogP contribution < -0.4 is 10.1 Å². The summed E-state index contributed by atoms with van der Waals surface area (Å²) in [6.45, 7) is 9.78. The highest BCUT2D eigenvalue weighted by atomic mass is 16.5. The van der Waals surface area contributed by atoms with Crippen molar-refractivity contribution in [2.75, 3.05) is 38.1 Å². The third kappa shape index (κ3) is 4.67. The second kappa shape index (κ2) is 8.10. The van der Waals surface area contributed by atoms with Crippen LogP contribution in [-0.4, -0.2) is 42.7 Å². The fraction of sp³-hybridized carbons (Fsp3) is 0.688. The van der Waals surface area contributed by atoms with Gasteiger partial charge >= 0.3 is 0 Å². The van der Waals surface area contributed by atoms with E-state index in [1.807, 2.05) is 18.3 Å². The van der Waals surface area contributed by atoms with Crippen LogP contribution in [0.5, 0.6) is 5.75 Å². The number of hydrogen-bond acceptors (Lipinski definition) is 4. The Morgan fingerprint density at radius 1 is 1.40 bits per heavy atom. The van der Waals surface area contributed by atoms with Crippen LogP contribution in [0.1, 0.15) is 33.1 Å². The Morgan fingerprint density at radius 3 is 2.95 bits per heavy atom. The van der Waals surface area contributed by atoms with E-state index in [9.17, 15) is 0 Å². The Labute approximate surface area is 122 Å². The summed E-state index contributed by atoms with van der Waals surface area (Å²) < 4.78 is 5.72. The zero-order valence-corrected chi connectivity index (χ0v) is 12.8. The van der Waals surface area contributed by atoms with Crippen LogP contribution in [0.15, 0.2) is 18.3 Å². The summed E-state index contributed by atoms with van der Waals surface area (Å²) in [7, 11) is 0. The molecule has 2 rings (SSSR count). The Hall–Kier alpha value is -1.29. The van der Waals surface area contributed by atoms with Crippen molar-refractivity contribution in [2.45, 2.75) is 33.1 Å². The summed E-state index contributed by atoms with van der Waals surface area (Å²) >= 11 is 0. The van der Waals surface area contributed by atoms with Crippen molar-refractivity contribution in [1.29, 1.82) is 0 Å². The molecule has 1 aromatic heterocycles. The average molecular weight is 277 g/mol. The first kappa shape index (κ1) is 15.1. The van der Waals surface area contributed by atoms with E-state index in [4.69, 9.17) is 4.74 Å². The third-order valence-electron chi connectivity index (χ3n) is 3.62. The Kier molecular flexibility index (Phi) is 6.12. The molecule has 0 radical (unpaired) electrons. The number of hydrogen-bond donors (Lipinski definition) is 1. The molecule has 0 amide bonds. The first-order valence-corrected chi connectivity index (χ1v) is 7.83. The van der Waals surface area contributed by atoms with Gasteiger partial charge in [-0.2, -0.15) is 0 Å². The smallest absolute Gasteiger partial charge is 0.168 e. The van der Waals surface area contributed by atoms with Crippen molar-refractivity contribution < 1.29 is 4.74 Å². The number of aromatic nitrogens is 1. The predicted molar refractivity (Wildman–Crippen MR) is 83.4 cm³/mol. The highest BCUT2D eigenvalue weighted by Crippen LogP contribution is 2.21. The largest absolute Gasteiger partial charge is 0.490 e. The van der Waals surface area contributed by atoms with Gasteiger partial charge in [0.15, 0.2) is 11.6 Å². The summed E-state index contributed by atoms with van der Waals surface area (Å²) in [6, 6.07) is 3.90. The lowest BCUT2D eigenvalue weighted by molar-refractivity contribution is 0.293. The number of likely N-dealkylation sites (tertiary alicyclic amines) is 1. The van der Waals surface area contributed by atoms with E-state index >= 15 is 0 Å². The van der Waals surface area contributed by atoms with E-state index < -0.39 is 0 Å². The van der Waals surface area contributed by atoms with Gasteiger partial charge in [0.1, 0.15) is 0 Å². The Balaban J connectivity index is 1.80. The van der Waals surface area contributed by atoms with Gasteiger partial charge in [-0.15, -0.1) is 0 Å². The first-order valence-electron chi connectivity index (χ1n) is 7.83. The van der Waals surface area contributed by atoms with Gasteiger partial charge in [-0.1, -0.05) is 13.8 Å². The summed E-state index contributed by atoms with van der Waals surface area (Å²) in [6.07, 6.45) is 5.54. The van der Waals surface area contributed by atoms with Crippen molar-refractivity contribution in [3.63, 3.8) is 0 Å². The zero-order chi connectivity index (χ0) is 14.2. The molecule has 4 heteroatoms. The van der Waals surface area contributed by atoms with Gasteiger partial charge in [-0.05, 0) is 50.4 Å². The number of ether oxygens (including phenoxy) is 1. The first-order chi connectivity index (χ1) is 9.79. The summed E-state index contributed by atoms with van der Waals surface area (Å²) in [5.41, 5.74) is 0. The van der Waals surface area contributed by atoms with E-state index in [-0.39, 0.29) is 0 Å². The fourth-order valence-electron chi connectivity index (χ4n) is 2.59. The molecule has 0 saturated carbocycles. The van der Waals surface area contributed by atoms with Crippen molar-refractivity contribution in [2.24, 2.45) is 5.92 Å². The Bertz CT molecular complexity index is 391. The van der Waals surface area contributed by atoms with Crippen LogP contribution in [0.3, 0.4) is 0 Å². The van der Waals surface area contributed by atoms with Crippen LogP contribution in [-0.2, 0) is 0 Å². The lowest BCUT2D eigenvalue weighted by Crippen LogP contribution is -2.29. The molecule has 20 heavy (non-hydrogen) atoms. The quantitative estimate of drug-likeness (QED) is 0.792. The summed E-state index contributed by atoms with van der Waals surface area (Å²) in [5.74, 6) is 2.35. The lowest BCUT2D eigenvalue weighted by atomic mass is 10.1. The zero-order valence-electron chi connectivity index (χ0n) is 12.8. The normalized spacial score (nSPS) is 17.1. The fourth-order valence-corrected chi connectivity index (χ4v) is 2.59. The third-order valence-corrected chi connectivity index (χ3v) is 3.62. The lowest BCUT2D eigenvalue weighted by Gasteiger charge is -2.21. The molecule has 1 unspecified atom stereocenters. The van der Waals surface area contributed by atoms with Crippen LogP contribution >= 0.6 is 0 Å². The topological polar surface area (TPSA) is 37.4 Å². The molecule has 0 aromatic carbocycles. The molecule has 2 heterocycles. The van der Waals surface area contributed by atoms with Gasteiger partial charge < -0.3 is 15.0 Å². The van der Waals surface area contributed by atoms with Crippen molar-refractivity contribution in [3.05, 3.63) is 18.3 Å². The SMILES string of the molecule is CCCOc1cccnc1NCC(C)CN1CCCC1. The van der Waals surface area contributed by atoms with Crippen LogP contribution in [0, 0.1) is 5.92 Å². The molecule has 0 spiro atoms. The van der Waals surface area contributed by atoms with Crippen LogP contribution in [0.2, 0.25) is 0 Å². The standard InChI is InChI=1S/C16H27N3O/c1-3-11-20-15-7-6-8-17-16(15)18-12-14(2)13-19-9-4-5-10-19/h6-8,14H,3-5,9-13H2,1-2H3,(H,17,18). The second-order valence-electron chi connectivity index (χ2n) is 5.69. The second-order valence-corrected chi connectivity index (χ2v) is 5.69. The maximum atomic E-state index is 5.72. The van der Waals surface area contributed by atoms with E-state index in [1.54, 1.807) is 0 Å². The molecule has 1 fully saturated rings. The van der Waals surface area contributed by atoms with Gasteiger partial charge in [-0.3, -0.25) is 0 Å². The van der Waals surface area contributed by atoms with Gasteiger partial charge in [0.05, 0.1) is 6.61 Å². The number of nitrogens with one attached hydrogen (secondary N) is 1. The summed E-state index contributed by atoms with van der Waals surface area (Å²) in [4.78, 5) is 6.94. The van der Waals surface area contributed by atoms with Crippen molar-refractivity contribution >= 4 is 5.82 Å². The van der Waals surface area contributed by atoms with E-state index in [0.29, 0.717) is 5.92 Å². The minimum Gasteiger partial charge on any atom is -0.490 e. The van der Waals surface area contributed by atoms with E-state index in [2.05, 4.69) is 29.0 Å². The molecule has 1 atom stereocenters. The van der Waals surface area contributed by atoms with Gasteiger partial charge in [0.2, 0.25) is 0 Å². The van der Waals surface area contributed by atoms with Gasteiger partial charge in [0, 0.05) is 19.3 Å². The van der Waals surface area contributed by atoms with E-state index in [0.717, 1.165) is 31.1 Å². The van der Waals surface area contributed by atoms with Crippen molar-refractivity contribution in [3.8, 4) is 5.75 Å². The average Bonchev–Trinajstić information content (AvgIpc) is 2.96. The van der Waals surface area contributed by atoms with Crippen LogP contribution in [0.25, 0.3) is 0 Å². The molecule has 1 aliphatic heterocycles. The minimum absolute atomic E-state index is 0.620. The molecule has 1 saturated heterocycles. The van der Waals surface area contributed by atoms with Gasteiger partial charge in [-0.25, -0.2) is 4.98 Å². The molecule has 112 valence electrons. The molecule has 1 N–H and O–H groups in total. The van der Waals surface area contributed by atoms with Gasteiger partial charge in [0.25, 0.3) is 0 Å². The maximum Gasteiger partial charge on any atom is 0.168 e. The number of anilines is 1. The maximum absolute atomic E-state index is 5.72. The minimum atomic E-state index is 0.620. The molecule has 0 bridgehead atoms. The molecule has 1 aliphatic rings. The number of pyridine rings is 1.